The zero-order chi connectivity index (χ0) is 14.0. The summed E-state index contributed by atoms with van der Waals surface area (Å²) < 4.78 is 0. The van der Waals surface area contributed by atoms with Crippen LogP contribution in [-0.2, 0) is 0 Å². The third kappa shape index (κ3) is 3.00. The largest absolute Gasteiger partial charge is 0.271 e. The summed E-state index contributed by atoms with van der Waals surface area (Å²) in [6.07, 6.45) is 0. The van der Waals surface area contributed by atoms with Gasteiger partial charge in [-0.2, -0.15) is 0 Å². The first-order chi connectivity index (χ1) is 9.01. The summed E-state index contributed by atoms with van der Waals surface area (Å²) in [6, 6.07) is 10.6. The fourth-order valence-corrected chi connectivity index (χ4v) is 2.47. The summed E-state index contributed by atoms with van der Waals surface area (Å²) in [5.41, 5.74) is 9.80. The van der Waals surface area contributed by atoms with Gasteiger partial charge in [-0.05, 0) is 56.5 Å². The van der Waals surface area contributed by atoms with Crippen LogP contribution in [0.5, 0.6) is 0 Å². The summed E-state index contributed by atoms with van der Waals surface area (Å²) in [4.78, 5) is 4.42. The van der Waals surface area contributed by atoms with Gasteiger partial charge in [0.25, 0.3) is 0 Å². The van der Waals surface area contributed by atoms with Crippen LogP contribution in [0.4, 0.5) is 0 Å². The summed E-state index contributed by atoms with van der Waals surface area (Å²) in [5.74, 6) is 5.79. The first-order valence-electron chi connectivity index (χ1n) is 6.49. The molecule has 1 aromatic heterocycles. The second-order valence-corrected chi connectivity index (χ2v) is 5.14. The molecule has 0 amide bonds. The summed E-state index contributed by atoms with van der Waals surface area (Å²) >= 11 is 0. The molecule has 0 fully saturated rings. The van der Waals surface area contributed by atoms with Gasteiger partial charge in [0, 0.05) is 11.4 Å². The molecule has 0 aliphatic rings. The quantitative estimate of drug-likeness (QED) is 0.655. The number of aryl methyl sites for hydroxylation is 4. The molecule has 0 aliphatic carbocycles. The maximum atomic E-state index is 5.79. The molecule has 0 saturated carbocycles. The number of nitrogens with zero attached hydrogens (tertiary/aromatic N) is 1. The second kappa shape index (κ2) is 5.51. The number of rotatable bonds is 3. The lowest BCUT2D eigenvalue weighted by atomic mass is 9.94. The molecule has 3 nitrogen and oxygen atoms in total. The fraction of sp³-hybridized carbons (Fsp3) is 0.312. The number of nitrogens with one attached hydrogen (secondary N) is 1. The number of nitrogens with two attached hydrogens (primary N) is 1. The van der Waals surface area contributed by atoms with Crippen LogP contribution in [0.2, 0.25) is 0 Å². The van der Waals surface area contributed by atoms with E-state index in [2.05, 4.69) is 54.6 Å². The Morgan fingerprint density at radius 1 is 1.00 bits per heavy atom. The molecule has 0 saturated heterocycles. The highest BCUT2D eigenvalue weighted by Gasteiger charge is 2.15. The molecular weight excluding hydrogens is 234 g/mol. The van der Waals surface area contributed by atoms with Gasteiger partial charge in [0.15, 0.2) is 0 Å². The third-order valence-electron chi connectivity index (χ3n) is 3.35. The predicted molar refractivity (Wildman–Crippen MR) is 78.8 cm³/mol. The van der Waals surface area contributed by atoms with Gasteiger partial charge in [-0.1, -0.05) is 23.8 Å². The minimum Gasteiger partial charge on any atom is -0.271 e. The minimum atomic E-state index is 0.000278. The zero-order valence-corrected chi connectivity index (χ0v) is 12.0. The fourth-order valence-electron chi connectivity index (χ4n) is 2.47. The maximum Gasteiger partial charge on any atom is 0.0714 e. The second-order valence-electron chi connectivity index (χ2n) is 5.14. The van der Waals surface area contributed by atoms with Crippen LogP contribution in [-0.4, -0.2) is 4.98 Å². The standard InChI is InChI=1S/C16H21N3/c1-10-5-6-11(2)15(7-10)16(19-17)14-8-12(3)18-13(4)9-14/h5-9,16,19H,17H2,1-4H3. The third-order valence-corrected chi connectivity index (χ3v) is 3.35. The van der Waals surface area contributed by atoms with E-state index >= 15 is 0 Å². The van der Waals surface area contributed by atoms with E-state index in [1.807, 2.05) is 13.8 Å². The lowest BCUT2D eigenvalue weighted by molar-refractivity contribution is 0.631. The molecule has 1 atom stereocenters. The van der Waals surface area contributed by atoms with Gasteiger partial charge in [0.05, 0.1) is 6.04 Å². The van der Waals surface area contributed by atoms with Gasteiger partial charge in [0.2, 0.25) is 0 Å². The van der Waals surface area contributed by atoms with Crippen molar-refractivity contribution in [2.24, 2.45) is 5.84 Å². The van der Waals surface area contributed by atoms with Crippen LogP contribution >= 0.6 is 0 Å². The molecule has 100 valence electrons. The molecule has 3 heteroatoms. The Morgan fingerprint density at radius 3 is 2.21 bits per heavy atom. The molecule has 2 aromatic rings. The SMILES string of the molecule is Cc1ccc(C)c(C(NN)c2cc(C)nc(C)c2)c1. The molecule has 1 heterocycles. The van der Waals surface area contributed by atoms with Gasteiger partial charge >= 0.3 is 0 Å². The summed E-state index contributed by atoms with van der Waals surface area (Å²) in [5, 5.41) is 0. The number of hydrogen-bond donors (Lipinski definition) is 2. The molecule has 3 N–H and O–H groups in total. The van der Waals surface area contributed by atoms with Crippen molar-refractivity contribution < 1.29 is 0 Å². The van der Waals surface area contributed by atoms with Crippen molar-refractivity contribution in [1.29, 1.82) is 0 Å². The Labute approximate surface area is 114 Å². The van der Waals surface area contributed by atoms with Crippen molar-refractivity contribution in [2.75, 3.05) is 0 Å². The smallest absolute Gasteiger partial charge is 0.0714 e. The Kier molecular flexibility index (Phi) is 3.98. The number of pyridine rings is 1. The lowest BCUT2D eigenvalue weighted by Gasteiger charge is -2.20. The molecule has 0 bridgehead atoms. The molecule has 1 unspecified atom stereocenters. The van der Waals surface area contributed by atoms with E-state index in [9.17, 15) is 0 Å². The van der Waals surface area contributed by atoms with Gasteiger partial charge in [-0.15, -0.1) is 0 Å². The van der Waals surface area contributed by atoms with Crippen LogP contribution < -0.4 is 11.3 Å². The Bertz CT molecular complexity index is 570. The first-order valence-corrected chi connectivity index (χ1v) is 6.49. The Morgan fingerprint density at radius 2 is 1.63 bits per heavy atom. The molecule has 1 aromatic carbocycles. The molecule has 2 rings (SSSR count). The van der Waals surface area contributed by atoms with Crippen LogP contribution in [0.25, 0.3) is 0 Å². The highest BCUT2D eigenvalue weighted by molar-refractivity contribution is 5.39. The van der Waals surface area contributed by atoms with Crippen LogP contribution in [0.1, 0.15) is 39.7 Å². The van der Waals surface area contributed by atoms with Crippen molar-refractivity contribution in [3.8, 4) is 0 Å². The van der Waals surface area contributed by atoms with Crippen molar-refractivity contribution in [2.45, 2.75) is 33.7 Å². The number of aromatic nitrogens is 1. The number of hydrazine groups is 1. The molecule has 0 spiro atoms. The summed E-state index contributed by atoms with van der Waals surface area (Å²) in [6.45, 7) is 8.22. The van der Waals surface area contributed by atoms with E-state index in [4.69, 9.17) is 5.84 Å². The van der Waals surface area contributed by atoms with E-state index in [1.54, 1.807) is 0 Å². The molecule has 0 radical (unpaired) electrons. The van der Waals surface area contributed by atoms with Gasteiger partial charge in [-0.3, -0.25) is 10.8 Å². The molecule has 19 heavy (non-hydrogen) atoms. The van der Waals surface area contributed by atoms with E-state index in [0.29, 0.717) is 0 Å². The van der Waals surface area contributed by atoms with Gasteiger partial charge in [-0.25, -0.2) is 5.43 Å². The monoisotopic (exact) mass is 255 g/mol. The predicted octanol–water partition coefficient (Wildman–Crippen LogP) is 2.87. The normalized spacial score (nSPS) is 12.5. The van der Waals surface area contributed by atoms with Crippen molar-refractivity contribution in [3.63, 3.8) is 0 Å². The van der Waals surface area contributed by atoms with Gasteiger partial charge < -0.3 is 0 Å². The zero-order valence-electron chi connectivity index (χ0n) is 12.0. The average molecular weight is 255 g/mol. The highest BCUT2D eigenvalue weighted by atomic mass is 15.2. The van der Waals surface area contributed by atoms with Crippen molar-refractivity contribution in [3.05, 3.63) is 64.0 Å². The lowest BCUT2D eigenvalue weighted by Crippen LogP contribution is -2.29. The number of hydrogen-bond acceptors (Lipinski definition) is 3. The Balaban J connectivity index is 2.52. The van der Waals surface area contributed by atoms with Crippen LogP contribution in [0, 0.1) is 27.7 Å². The van der Waals surface area contributed by atoms with Crippen LogP contribution in [0.3, 0.4) is 0 Å². The van der Waals surface area contributed by atoms with Gasteiger partial charge in [0.1, 0.15) is 0 Å². The molecular formula is C16H21N3. The molecule has 0 aliphatic heterocycles. The van der Waals surface area contributed by atoms with Crippen molar-refractivity contribution in [1.82, 2.24) is 10.4 Å². The van der Waals surface area contributed by atoms with Crippen molar-refractivity contribution >= 4 is 0 Å². The summed E-state index contributed by atoms with van der Waals surface area (Å²) in [7, 11) is 0. The topological polar surface area (TPSA) is 50.9 Å². The van der Waals surface area contributed by atoms with E-state index in [0.717, 1.165) is 17.0 Å². The average Bonchev–Trinajstić information content (AvgIpc) is 2.33. The van der Waals surface area contributed by atoms with E-state index < -0.39 is 0 Å². The van der Waals surface area contributed by atoms with E-state index in [1.165, 1.54) is 16.7 Å². The number of benzene rings is 1. The minimum absolute atomic E-state index is 0.000278. The van der Waals surface area contributed by atoms with E-state index in [-0.39, 0.29) is 6.04 Å². The highest BCUT2D eigenvalue weighted by Crippen LogP contribution is 2.26. The Hall–Kier alpha value is -1.71. The van der Waals surface area contributed by atoms with Crippen LogP contribution in [0.15, 0.2) is 30.3 Å². The maximum absolute atomic E-state index is 5.79. The first kappa shape index (κ1) is 13.7.